The predicted molar refractivity (Wildman–Crippen MR) is 89.6 cm³/mol. The fourth-order valence-electron chi connectivity index (χ4n) is 2.59. The second kappa shape index (κ2) is 6.66. The van der Waals surface area contributed by atoms with Gasteiger partial charge in [0.2, 0.25) is 5.91 Å². The summed E-state index contributed by atoms with van der Waals surface area (Å²) < 4.78 is 3.44. The van der Waals surface area contributed by atoms with Gasteiger partial charge in [0, 0.05) is 12.2 Å². The summed E-state index contributed by atoms with van der Waals surface area (Å²) in [4.78, 5) is 16.3. The lowest BCUT2D eigenvalue weighted by molar-refractivity contribution is -0.124. The standard InChI is InChI=1S/C17H20N6O/c1-12-8-13(2)23(21-12)14(3)17(24)19-9-15-4-6-16(7-5-15)22-11-18-10-20-22/h4-8,10-11,14H,9H2,1-3H3,(H,19,24)/t14-/m1/s1. The summed E-state index contributed by atoms with van der Waals surface area (Å²) in [5.74, 6) is -0.0541. The highest BCUT2D eigenvalue weighted by molar-refractivity contribution is 5.79. The molecule has 0 saturated heterocycles. The van der Waals surface area contributed by atoms with Crippen molar-refractivity contribution in [3.8, 4) is 5.69 Å². The molecule has 0 radical (unpaired) electrons. The van der Waals surface area contributed by atoms with Gasteiger partial charge in [-0.2, -0.15) is 10.2 Å². The molecule has 2 heterocycles. The molecular formula is C17H20N6O. The van der Waals surface area contributed by atoms with Crippen LogP contribution in [0.4, 0.5) is 0 Å². The minimum absolute atomic E-state index is 0.0541. The van der Waals surface area contributed by atoms with Gasteiger partial charge in [0.05, 0.1) is 11.4 Å². The highest BCUT2D eigenvalue weighted by Gasteiger charge is 2.17. The average Bonchev–Trinajstić information content (AvgIpc) is 3.22. The van der Waals surface area contributed by atoms with Crippen LogP contribution in [-0.4, -0.2) is 30.5 Å². The van der Waals surface area contributed by atoms with Gasteiger partial charge in [0.25, 0.3) is 0 Å². The molecule has 0 aliphatic rings. The summed E-state index contributed by atoms with van der Waals surface area (Å²) in [5, 5.41) is 11.4. The molecule has 2 aromatic heterocycles. The minimum Gasteiger partial charge on any atom is -0.350 e. The highest BCUT2D eigenvalue weighted by atomic mass is 16.2. The van der Waals surface area contributed by atoms with Crippen LogP contribution >= 0.6 is 0 Å². The van der Waals surface area contributed by atoms with E-state index in [2.05, 4.69) is 20.5 Å². The molecule has 3 rings (SSSR count). The van der Waals surface area contributed by atoms with E-state index in [9.17, 15) is 4.79 Å². The fraction of sp³-hybridized carbons (Fsp3) is 0.294. The SMILES string of the molecule is Cc1cc(C)n([C@H](C)C(=O)NCc2ccc(-n3cncn3)cc2)n1. The second-order valence-electron chi connectivity index (χ2n) is 5.77. The van der Waals surface area contributed by atoms with Crippen molar-refractivity contribution in [2.24, 2.45) is 0 Å². The van der Waals surface area contributed by atoms with Crippen LogP contribution in [0.2, 0.25) is 0 Å². The van der Waals surface area contributed by atoms with Crippen LogP contribution in [0.5, 0.6) is 0 Å². The summed E-state index contributed by atoms with van der Waals surface area (Å²) in [5.41, 5.74) is 3.84. The predicted octanol–water partition coefficient (Wildman–Crippen LogP) is 1.96. The largest absolute Gasteiger partial charge is 0.350 e. The molecule has 24 heavy (non-hydrogen) atoms. The number of hydrogen-bond acceptors (Lipinski definition) is 4. The lowest BCUT2D eigenvalue weighted by Crippen LogP contribution is -2.31. The number of benzene rings is 1. The molecule has 0 spiro atoms. The van der Waals surface area contributed by atoms with E-state index >= 15 is 0 Å². The Balaban J connectivity index is 1.61. The quantitative estimate of drug-likeness (QED) is 0.778. The zero-order chi connectivity index (χ0) is 17.1. The lowest BCUT2D eigenvalue weighted by Gasteiger charge is -2.14. The Morgan fingerprint density at radius 2 is 2.00 bits per heavy atom. The van der Waals surface area contributed by atoms with Crippen molar-refractivity contribution in [1.82, 2.24) is 29.9 Å². The molecule has 1 N–H and O–H groups in total. The summed E-state index contributed by atoms with van der Waals surface area (Å²) >= 11 is 0. The molecule has 1 atom stereocenters. The molecule has 124 valence electrons. The molecule has 0 unspecified atom stereocenters. The molecule has 1 aromatic carbocycles. The van der Waals surface area contributed by atoms with Gasteiger partial charge in [-0.05, 0) is 44.5 Å². The number of carbonyl (C=O) groups is 1. The van der Waals surface area contributed by atoms with Crippen LogP contribution < -0.4 is 5.32 Å². The van der Waals surface area contributed by atoms with Crippen molar-refractivity contribution in [1.29, 1.82) is 0 Å². The van der Waals surface area contributed by atoms with E-state index in [4.69, 9.17) is 0 Å². The zero-order valence-corrected chi connectivity index (χ0v) is 14.0. The van der Waals surface area contributed by atoms with Gasteiger partial charge in [-0.25, -0.2) is 9.67 Å². The number of carbonyl (C=O) groups excluding carboxylic acids is 1. The van der Waals surface area contributed by atoms with E-state index in [1.165, 1.54) is 6.33 Å². The van der Waals surface area contributed by atoms with E-state index in [0.717, 1.165) is 22.6 Å². The molecule has 7 heteroatoms. The van der Waals surface area contributed by atoms with Gasteiger partial charge >= 0.3 is 0 Å². The number of nitrogens with zero attached hydrogens (tertiary/aromatic N) is 5. The number of aromatic nitrogens is 5. The molecule has 1 amide bonds. The summed E-state index contributed by atoms with van der Waals surface area (Å²) in [6.45, 7) is 6.19. The average molecular weight is 324 g/mol. The van der Waals surface area contributed by atoms with Gasteiger partial charge in [0.1, 0.15) is 18.7 Å². The first-order valence-electron chi connectivity index (χ1n) is 7.79. The summed E-state index contributed by atoms with van der Waals surface area (Å²) in [7, 11) is 0. The lowest BCUT2D eigenvalue weighted by atomic mass is 10.2. The molecule has 0 fully saturated rings. The topological polar surface area (TPSA) is 77.6 Å². The number of nitrogens with one attached hydrogen (secondary N) is 1. The van der Waals surface area contributed by atoms with E-state index < -0.39 is 0 Å². The molecule has 0 aliphatic heterocycles. The van der Waals surface area contributed by atoms with Crippen molar-refractivity contribution in [2.75, 3.05) is 0 Å². The van der Waals surface area contributed by atoms with Crippen molar-refractivity contribution < 1.29 is 4.79 Å². The summed E-state index contributed by atoms with van der Waals surface area (Å²) in [6.07, 6.45) is 3.14. The second-order valence-corrected chi connectivity index (χ2v) is 5.77. The number of rotatable bonds is 5. The molecule has 0 aliphatic carbocycles. The molecule has 7 nitrogen and oxygen atoms in total. The van der Waals surface area contributed by atoms with E-state index in [-0.39, 0.29) is 11.9 Å². The first-order chi connectivity index (χ1) is 11.5. The molecule has 0 bridgehead atoms. The number of hydrogen-bond donors (Lipinski definition) is 1. The smallest absolute Gasteiger partial charge is 0.244 e. The zero-order valence-electron chi connectivity index (χ0n) is 14.0. The van der Waals surface area contributed by atoms with Gasteiger partial charge in [-0.1, -0.05) is 12.1 Å². The van der Waals surface area contributed by atoms with Crippen LogP contribution in [0.3, 0.4) is 0 Å². The number of aryl methyl sites for hydroxylation is 2. The first kappa shape index (κ1) is 15.9. The normalized spacial score (nSPS) is 12.1. The van der Waals surface area contributed by atoms with Gasteiger partial charge < -0.3 is 5.32 Å². The van der Waals surface area contributed by atoms with Gasteiger partial charge in [-0.15, -0.1) is 0 Å². The molecule has 0 saturated carbocycles. The monoisotopic (exact) mass is 324 g/mol. The van der Waals surface area contributed by atoms with Crippen LogP contribution in [0, 0.1) is 13.8 Å². The third kappa shape index (κ3) is 3.34. The van der Waals surface area contributed by atoms with Crippen molar-refractivity contribution >= 4 is 5.91 Å². The van der Waals surface area contributed by atoms with E-state index in [1.54, 1.807) is 15.7 Å². The Labute approximate surface area is 140 Å². The van der Waals surface area contributed by atoms with Crippen LogP contribution in [0.1, 0.15) is 29.9 Å². The van der Waals surface area contributed by atoms with Gasteiger partial charge in [-0.3, -0.25) is 9.48 Å². The van der Waals surface area contributed by atoms with Crippen LogP contribution in [-0.2, 0) is 11.3 Å². The Kier molecular flexibility index (Phi) is 4.41. The third-order valence-electron chi connectivity index (χ3n) is 3.88. The molecule has 3 aromatic rings. The van der Waals surface area contributed by atoms with Crippen molar-refractivity contribution in [3.63, 3.8) is 0 Å². The summed E-state index contributed by atoms with van der Waals surface area (Å²) in [6, 6.07) is 9.44. The van der Waals surface area contributed by atoms with Crippen LogP contribution in [0.25, 0.3) is 5.69 Å². The fourth-order valence-corrected chi connectivity index (χ4v) is 2.59. The Hall–Kier alpha value is -2.96. The van der Waals surface area contributed by atoms with Gasteiger partial charge in [0.15, 0.2) is 0 Å². The maximum absolute atomic E-state index is 12.3. The highest BCUT2D eigenvalue weighted by Crippen LogP contribution is 2.12. The Bertz CT molecular complexity index is 819. The Morgan fingerprint density at radius 3 is 2.58 bits per heavy atom. The maximum Gasteiger partial charge on any atom is 0.244 e. The maximum atomic E-state index is 12.3. The third-order valence-corrected chi connectivity index (χ3v) is 3.88. The van der Waals surface area contributed by atoms with Crippen molar-refractivity contribution in [2.45, 2.75) is 33.4 Å². The molecular weight excluding hydrogens is 304 g/mol. The van der Waals surface area contributed by atoms with E-state index in [1.807, 2.05) is 51.1 Å². The van der Waals surface area contributed by atoms with Crippen molar-refractivity contribution in [3.05, 3.63) is 59.9 Å². The van der Waals surface area contributed by atoms with E-state index in [0.29, 0.717) is 6.54 Å². The Morgan fingerprint density at radius 1 is 1.25 bits per heavy atom. The minimum atomic E-state index is -0.340. The first-order valence-corrected chi connectivity index (χ1v) is 7.79. The van der Waals surface area contributed by atoms with Crippen LogP contribution in [0.15, 0.2) is 43.0 Å². The number of amides is 1.